The number of thioether (sulfide) groups is 1. The zero-order chi connectivity index (χ0) is 21.9. The van der Waals surface area contributed by atoms with E-state index in [4.69, 9.17) is 20.8 Å². The molecule has 0 spiro atoms. The van der Waals surface area contributed by atoms with E-state index in [0.29, 0.717) is 29.0 Å². The number of rotatable bonds is 7. The Balaban J connectivity index is 1.37. The van der Waals surface area contributed by atoms with Gasteiger partial charge < -0.3 is 9.15 Å². The lowest BCUT2D eigenvalue weighted by molar-refractivity contribution is 0.0953. The molecule has 1 atom stereocenters. The maximum atomic E-state index is 13.4. The summed E-state index contributed by atoms with van der Waals surface area (Å²) in [6, 6.07) is 13.7. The fourth-order valence-electron chi connectivity index (χ4n) is 3.63. The Morgan fingerprint density at radius 2 is 1.97 bits per heavy atom. The second-order valence-electron chi connectivity index (χ2n) is 7.47. The molecule has 6 nitrogen and oxygen atoms in total. The van der Waals surface area contributed by atoms with Gasteiger partial charge in [-0.15, -0.1) is 10.2 Å². The van der Waals surface area contributed by atoms with E-state index in [0.717, 1.165) is 41.4 Å². The minimum Gasteiger partial charge on any atom is -0.444 e. The highest BCUT2D eigenvalue weighted by Gasteiger charge is 2.22. The molecule has 1 aliphatic rings. The van der Waals surface area contributed by atoms with Crippen molar-refractivity contribution in [3.63, 3.8) is 0 Å². The standard InChI is InChI=1S/C23H20ClFN4O2S/c24-20-6-2-1-5-19(20)22-26-17(13-31-22)14-32-23-28-27-21(15-7-9-16(25)10-8-15)29(23)12-18-4-3-11-30-18/h1-2,5-10,13,18H,3-4,11-12,14H2. The van der Waals surface area contributed by atoms with Gasteiger partial charge in [-0.1, -0.05) is 35.5 Å². The van der Waals surface area contributed by atoms with E-state index in [1.807, 2.05) is 22.8 Å². The van der Waals surface area contributed by atoms with E-state index in [9.17, 15) is 4.39 Å². The quantitative estimate of drug-likeness (QED) is 0.315. The van der Waals surface area contributed by atoms with E-state index < -0.39 is 0 Å². The van der Waals surface area contributed by atoms with Crippen LogP contribution in [0.5, 0.6) is 0 Å². The second kappa shape index (κ2) is 9.44. The van der Waals surface area contributed by atoms with Gasteiger partial charge in [0, 0.05) is 17.9 Å². The van der Waals surface area contributed by atoms with Crippen LogP contribution in [0.2, 0.25) is 5.02 Å². The third-order valence-corrected chi connectivity index (χ3v) is 6.56. The third kappa shape index (κ3) is 4.57. The lowest BCUT2D eigenvalue weighted by Gasteiger charge is -2.14. The number of nitrogens with zero attached hydrogens (tertiary/aromatic N) is 4. The van der Waals surface area contributed by atoms with Crippen molar-refractivity contribution in [3.8, 4) is 22.8 Å². The second-order valence-corrected chi connectivity index (χ2v) is 8.82. The molecule has 2 aromatic carbocycles. The highest BCUT2D eigenvalue weighted by molar-refractivity contribution is 7.98. The van der Waals surface area contributed by atoms with Gasteiger partial charge in [0.2, 0.25) is 5.89 Å². The zero-order valence-corrected chi connectivity index (χ0v) is 18.7. The molecule has 0 bridgehead atoms. The van der Waals surface area contributed by atoms with Crippen LogP contribution in [0.3, 0.4) is 0 Å². The molecule has 9 heteroatoms. The number of hydrogen-bond donors (Lipinski definition) is 0. The van der Waals surface area contributed by atoms with Crippen LogP contribution >= 0.6 is 23.4 Å². The number of halogens is 2. The molecule has 0 amide bonds. The Labute approximate surface area is 193 Å². The topological polar surface area (TPSA) is 66.0 Å². The maximum absolute atomic E-state index is 13.4. The molecule has 1 aliphatic heterocycles. The molecule has 1 unspecified atom stereocenters. The number of benzene rings is 2. The van der Waals surface area contributed by atoms with E-state index in [1.54, 1.807) is 24.5 Å². The number of aromatic nitrogens is 4. The van der Waals surface area contributed by atoms with Crippen LogP contribution in [0.4, 0.5) is 4.39 Å². The van der Waals surface area contributed by atoms with Crippen LogP contribution in [0.25, 0.3) is 22.8 Å². The molecule has 2 aromatic heterocycles. The molecule has 4 aromatic rings. The summed E-state index contributed by atoms with van der Waals surface area (Å²) in [6.45, 7) is 1.41. The molecule has 1 saturated heterocycles. The Bertz CT molecular complexity index is 1200. The Kier molecular flexibility index (Phi) is 6.25. The highest BCUT2D eigenvalue weighted by atomic mass is 35.5. The van der Waals surface area contributed by atoms with Crippen molar-refractivity contribution in [2.45, 2.75) is 36.4 Å². The van der Waals surface area contributed by atoms with Crippen LogP contribution in [0.15, 0.2) is 64.4 Å². The molecule has 32 heavy (non-hydrogen) atoms. The van der Waals surface area contributed by atoms with Gasteiger partial charge in [0.05, 0.1) is 28.9 Å². The predicted molar refractivity (Wildman–Crippen MR) is 121 cm³/mol. The zero-order valence-electron chi connectivity index (χ0n) is 17.1. The number of oxazole rings is 1. The van der Waals surface area contributed by atoms with E-state index >= 15 is 0 Å². The van der Waals surface area contributed by atoms with Crippen molar-refractivity contribution in [2.24, 2.45) is 0 Å². The molecule has 0 N–H and O–H groups in total. The normalized spacial score (nSPS) is 16.0. The first-order valence-electron chi connectivity index (χ1n) is 10.3. The summed E-state index contributed by atoms with van der Waals surface area (Å²) >= 11 is 7.77. The van der Waals surface area contributed by atoms with Crippen LogP contribution in [0.1, 0.15) is 18.5 Å². The molecular formula is C23H20ClFN4O2S. The van der Waals surface area contributed by atoms with E-state index in [1.165, 1.54) is 23.9 Å². The van der Waals surface area contributed by atoms with Gasteiger partial charge in [0.15, 0.2) is 11.0 Å². The minimum atomic E-state index is -0.283. The summed E-state index contributed by atoms with van der Waals surface area (Å²) in [5.41, 5.74) is 2.34. The van der Waals surface area contributed by atoms with Crippen molar-refractivity contribution in [3.05, 3.63) is 71.3 Å². The molecule has 0 saturated carbocycles. The van der Waals surface area contributed by atoms with Gasteiger partial charge >= 0.3 is 0 Å². The molecule has 3 heterocycles. The average Bonchev–Trinajstić information content (AvgIpc) is 3.56. The van der Waals surface area contributed by atoms with E-state index in [-0.39, 0.29) is 11.9 Å². The summed E-state index contributed by atoms with van der Waals surface area (Å²) in [4.78, 5) is 4.57. The summed E-state index contributed by atoms with van der Waals surface area (Å²) in [5.74, 6) is 1.45. The summed E-state index contributed by atoms with van der Waals surface area (Å²) < 4.78 is 26.9. The lowest BCUT2D eigenvalue weighted by atomic mass is 10.2. The van der Waals surface area contributed by atoms with Gasteiger partial charge in [-0.2, -0.15) is 0 Å². The van der Waals surface area contributed by atoms with Crippen molar-refractivity contribution < 1.29 is 13.5 Å². The monoisotopic (exact) mass is 470 g/mol. The molecule has 0 aliphatic carbocycles. The van der Waals surface area contributed by atoms with Crippen LogP contribution < -0.4 is 0 Å². The van der Waals surface area contributed by atoms with Crippen molar-refractivity contribution in [2.75, 3.05) is 6.61 Å². The van der Waals surface area contributed by atoms with Gasteiger partial charge in [-0.05, 0) is 49.2 Å². The first kappa shape index (κ1) is 21.2. The Hall–Kier alpha value is -2.68. The first-order valence-corrected chi connectivity index (χ1v) is 11.7. The smallest absolute Gasteiger partial charge is 0.227 e. The van der Waals surface area contributed by atoms with Gasteiger partial charge in [-0.3, -0.25) is 4.57 Å². The van der Waals surface area contributed by atoms with Crippen LogP contribution in [0, 0.1) is 5.82 Å². The predicted octanol–water partition coefficient (Wildman–Crippen LogP) is 5.86. The first-order chi connectivity index (χ1) is 15.7. The van der Waals surface area contributed by atoms with Gasteiger partial charge in [0.25, 0.3) is 0 Å². The molecule has 0 radical (unpaired) electrons. The lowest BCUT2D eigenvalue weighted by Crippen LogP contribution is -2.16. The molecular weight excluding hydrogens is 451 g/mol. The fourth-order valence-corrected chi connectivity index (χ4v) is 4.68. The van der Waals surface area contributed by atoms with Gasteiger partial charge in [0.1, 0.15) is 12.1 Å². The molecule has 1 fully saturated rings. The highest BCUT2D eigenvalue weighted by Crippen LogP contribution is 2.31. The number of ether oxygens (including phenoxy) is 1. The minimum absolute atomic E-state index is 0.114. The average molecular weight is 471 g/mol. The summed E-state index contributed by atoms with van der Waals surface area (Å²) in [7, 11) is 0. The third-order valence-electron chi connectivity index (χ3n) is 5.23. The van der Waals surface area contributed by atoms with Crippen molar-refractivity contribution in [1.29, 1.82) is 0 Å². The van der Waals surface area contributed by atoms with Crippen molar-refractivity contribution in [1.82, 2.24) is 19.7 Å². The maximum Gasteiger partial charge on any atom is 0.227 e. The molecule has 164 valence electrons. The van der Waals surface area contributed by atoms with E-state index in [2.05, 4.69) is 15.2 Å². The van der Waals surface area contributed by atoms with Crippen LogP contribution in [-0.2, 0) is 17.0 Å². The fraction of sp³-hybridized carbons (Fsp3) is 0.261. The Morgan fingerprint density at radius 1 is 1.12 bits per heavy atom. The summed E-state index contributed by atoms with van der Waals surface area (Å²) in [5, 5.41) is 10.1. The largest absolute Gasteiger partial charge is 0.444 e. The SMILES string of the molecule is Fc1ccc(-c2nnc(SCc3coc(-c4ccccc4Cl)n3)n2CC2CCCO2)cc1. The number of hydrogen-bond acceptors (Lipinski definition) is 6. The van der Waals surface area contributed by atoms with Gasteiger partial charge in [-0.25, -0.2) is 9.37 Å². The Morgan fingerprint density at radius 3 is 2.75 bits per heavy atom. The molecule has 5 rings (SSSR count). The summed E-state index contributed by atoms with van der Waals surface area (Å²) in [6.07, 6.45) is 3.79. The van der Waals surface area contributed by atoms with Crippen LogP contribution in [-0.4, -0.2) is 32.5 Å². The van der Waals surface area contributed by atoms with Crippen molar-refractivity contribution >= 4 is 23.4 Å².